The Morgan fingerprint density at radius 2 is 1.95 bits per heavy atom. The van der Waals surface area contributed by atoms with Crippen LogP contribution in [0.15, 0.2) is 24.3 Å². The molecule has 0 atom stereocenters. The van der Waals surface area contributed by atoms with Gasteiger partial charge in [0.25, 0.3) is 0 Å². The zero-order valence-corrected chi connectivity index (χ0v) is 13.5. The summed E-state index contributed by atoms with van der Waals surface area (Å²) >= 11 is 6.05. The fourth-order valence-electron chi connectivity index (χ4n) is 2.91. The van der Waals surface area contributed by atoms with E-state index in [0.29, 0.717) is 29.3 Å². The van der Waals surface area contributed by atoms with Crippen molar-refractivity contribution in [2.45, 2.75) is 37.8 Å². The van der Waals surface area contributed by atoms with Crippen LogP contribution in [-0.4, -0.2) is 43.5 Å². The molecule has 0 bridgehead atoms. The smallest absolute Gasteiger partial charge is 0.238 e. The summed E-state index contributed by atoms with van der Waals surface area (Å²) in [4.78, 5) is 14.3. The third-order valence-corrected chi connectivity index (χ3v) is 4.60. The van der Waals surface area contributed by atoms with Crippen LogP contribution >= 0.6 is 11.6 Å². The summed E-state index contributed by atoms with van der Waals surface area (Å²) in [5, 5.41) is 6.78. The molecule has 1 aromatic carbocycles. The lowest BCUT2D eigenvalue weighted by molar-refractivity contribution is -0.117. The van der Waals surface area contributed by atoms with E-state index >= 15 is 0 Å². The summed E-state index contributed by atoms with van der Waals surface area (Å²) in [7, 11) is 4.04. The van der Waals surface area contributed by atoms with Gasteiger partial charge in [-0.25, -0.2) is 0 Å². The number of nitrogens with one attached hydrogen (secondary N) is 2. The maximum Gasteiger partial charge on any atom is 0.238 e. The molecule has 2 N–H and O–H groups in total. The average Bonchev–Trinajstić information content (AvgIpc) is 2.49. The second kappa shape index (κ2) is 7.78. The number of halogens is 1. The summed E-state index contributed by atoms with van der Waals surface area (Å²) < 4.78 is 0. The fourth-order valence-corrected chi connectivity index (χ4v) is 3.10. The molecule has 1 fully saturated rings. The molecule has 2 rings (SSSR count). The molecular formula is C16H24ClN3O. The van der Waals surface area contributed by atoms with Crippen LogP contribution < -0.4 is 10.6 Å². The summed E-state index contributed by atoms with van der Waals surface area (Å²) in [6.07, 6.45) is 4.64. The Kier molecular flexibility index (Phi) is 6.03. The third kappa shape index (κ3) is 4.70. The van der Waals surface area contributed by atoms with Crippen molar-refractivity contribution in [2.24, 2.45) is 0 Å². The van der Waals surface area contributed by atoms with Crippen molar-refractivity contribution in [1.82, 2.24) is 10.2 Å². The highest BCUT2D eigenvalue weighted by atomic mass is 35.5. The molecule has 0 spiro atoms. The quantitative estimate of drug-likeness (QED) is 0.879. The van der Waals surface area contributed by atoms with Gasteiger partial charge in [0.2, 0.25) is 5.91 Å². The lowest BCUT2D eigenvalue weighted by atomic mass is 9.90. The second-order valence-electron chi connectivity index (χ2n) is 5.74. The molecule has 0 saturated heterocycles. The second-order valence-corrected chi connectivity index (χ2v) is 6.14. The molecule has 1 aliphatic rings. The van der Waals surface area contributed by atoms with Crippen molar-refractivity contribution < 1.29 is 4.79 Å². The minimum absolute atomic E-state index is 0.0126. The highest BCUT2D eigenvalue weighted by Gasteiger charge is 2.24. The summed E-state index contributed by atoms with van der Waals surface area (Å²) in [5.41, 5.74) is 0.677. The van der Waals surface area contributed by atoms with E-state index in [1.54, 1.807) is 6.07 Å². The molecule has 0 heterocycles. The minimum Gasteiger partial charge on any atom is -0.324 e. The van der Waals surface area contributed by atoms with Crippen LogP contribution in [-0.2, 0) is 4.79 Å². The third-order valence-electron chi connectivity index (χ3n) is 4.27. The number of benzene rings is 1. The molecule has 1 amide bonds. The fraction of sp³-hybridized carbons (Fsp3) is 0.562. The molecule has 5 heteroatoms. The van der Waals surface area contributed by atoms with Gasteiger partial charge in [-0.1, -0.05) is 23.7 Å². The van der Waals surface area contributed by atoms with Crippen molar-refractivity contribution in [1.29, 1.82) is 0 Å². The van der Waals surface area contributed by atoms with Crippen LogP contribution in [0.25, 0.3) is 0 Å². The topological polar surface area (TPSA) is 44.4 Å². The van der Waals surface area contributed by atoms with Crippen molar-refractivity contribution in [3.8, 4) is 0 Å². The molecule has 0 aromatic heterocycles. The van der Waals surface area contributed by atoms with E-state index in [-0.39, 0.29) is 5.91 Å². The highest BCUT2D eigenvalue weighted by Crippen LogP contribution is 2.23. The number of hydrogen-bond acceptors (Lipinski definition) is 3. The molecule has 116 valence electrons. The molecule has 1 saturated carbocycles. The van der Waals surface area contributed by atoms with Gasteiger partial charge >= 0.3 is 0 Å². The van der Waals surface area contributed by atoms with Gasteiger partial charge in [0.05, 0.1) is 17.3 Å². The molecule has 1 aromatic rings. The Balaban J connectivity index is 1.81. The van der Waals surface area contributed by atoms with Crippen LogP contribution in [0.3, 0.4) is 0 Å². The van der Waals surface area contributed by atoms with E-state index in [1.165, 1.54) is 12.8 Å². The summed E-state index contributed by atoms with van der Waals surface area (Å²) in [6, 6.07) is 8.44. The van der Waals surface area contributed by atoms with Gasteiger partial charge < -0.3 is 10.6 Å². The SMILES string of the molecule is CNC1CCC(N(C)CC(=O)Nc2ccccc2Cl)CC1. The number of carbonyl (C=O) groups is 1. The van der Waals surface area contributed by atoms with Gasteiger partial charge in [-0.2, -0.15) is 0 Å². The normalized spacial score (nSPS) is 22.3. The lowest BCUT2D eigenvalue weighted by Crippen LogP contribution is -2.42. The zero-order chi connectivity index (χ0) is 15.2. The lowest BCUT2D eigenvalue weighted by Gasteiger charge is -2.34. The van der Waals surface area contributed by atoms with Crippen molar-refractivity contribution in [2.75, 3.05) is 26.0 Å². The molecule has 1 aliphatic carbocycles. The van der Waals surface area contributed by atoms with Gasteiger partial charge in [0, 0.05) is 12.1 Å². The van der Waals surface area contributed by atoms with Crippen LogP contribution in [0.2, 0.25) is 5.02 Å². The molecule has 21 heavy (non-hydrogen) atoms. The highest BCUT2D eigenvalue weighted by molar-refractivity contribution is 6.33. The van der Waals surface area contributed by atoms with Crippen molar-refractivity contribution >= 4 is 23.2 Å². The van der Waals surface area contributed by atoms with E-state index in [1.807, 2.05) is 32.3 Å². The van der Waals surface area contributed by atoms with E-state index in [2.05, 4.69) is 15.5 Å². The number of para-hydroxylation sites is 1. The van der Waals surface area contributed by atoms with Gasteiger partial charge in [-0.05, 0) is 51.9 Å². The zero-order valence-electron chi connectivity index (χ0n) is 12.7. The van der Waals surface area contributed by atoms with Crippen molar-refractivity contribution in [3.05, 3.63) is 29.3 Å². The van der Waals surface area contributed by atoms with Crippen LogP contribution in [0.4, 0.5) is 5.69 Å². The first-order valence-electron chi connectivity index (χ1n) is 7.52. The summed E-state index contributed by atoms with van der Waals surface area (Å²) in [5.74, 6) is -0.0126. The Morgan fingerprint density at radius 3 is 2.57 bits per heavy atom. The van der Waals surface area contributed by atoms with Crippen LogP contribution in [0, 0.1) is 0 Å². The number of rotatable bonds is 5. The Bertz CT molecular complexity index is 472. The van der Waals surface area contributed by atoms with E-state index in [0.717, 1.165) is 12.8 Å². The number of nitrogens with zero attached hydrogens (tertiary/aromatic N) is 1. The molecule has 0 unspecified atom stereocenters. The van der Waals surface area contributed by atoms with E-state index < -0.39 is 0 Å². The monoisotopic (exact) mass is 309 g/mol. The van der Waals surface area contributed by atoms with Gasteiger partial charge in [-0.3, -0.25) is 9.69 Å². The number of hydrogen-bond donors (Lipinski definition) is 2. The molecule has 0 aliphatic heterocycles. The first-order valence-corrected chi connectivity index (χ1v) is 7.90. The Morgan fingerprint density at radius 1 is 1.29 bits per heavy atom. The first kappa shape index (κ1) is 16.3. The Hall–Kier alpha value is -1.10. The number of amides is 1. The number of anilines is 1. The number of carbonyl (C=O) groups excluding carboxylic acids is 1. The maximum absolute atomic E-state index is 12.1. The van der Waals surface area contributed by atoms with Gasteiger partial charge in [0.15, 0.2) is 0 Å². The Labute approximate surface area is 131 Å². The van der Waals surface area contributed by atoms with E-state index in [4.69, 9.17) is 11.6 Å². The molecular weight excluding hydrogens is 286 g/mol. The van der Waals surface area contributed by atoms with Crippen molar-refractivity contribution in [3.63, 3.8) is 0 Å². The molecule has 0 radical (unpaired) electrons. The number of likely N-dealkylation sites (N-methyl/N-ethyl adjacent to an activating group) is 1. The van der Waals surface area contributed by atoms with Crippen LogP contribution in [0.5, 0.6) is 0 Å². The largest absolute Gasteiger partial charge is 0.324 e. The van der Waals surface area contributed by atoms with Crippen LogP contribution in [0.1, 0.15) is 25.7 Å². The first-order chi connectivity index (χ1) is 10.1. The summed E-state index contributed by atoms with van der Waals surface area (Å²) in [6.45, 7) is 0.403. The predicted molar refractivity (Wildman–Crippen MR) is 87.8 cm³/mol. The minimum atomic E-state index is -0.0126. The molecule has 4 nitrogen and oxygen atoms in total. The van der Waals surface area contributed by atoms with Gasteiger partial charge in [-0.15, -0.1) is 0 Å². The van der Waals surface area contributed by atoms with E-state index in [9.17, 15) is 4.79 Å². The van der Waals surface area contributed by atoms with Gasteiger partial charge in [0.1, 0.15) is 0 Å². The maximum atomic E-state index is 12.1. The standard InChI is InChI=1S/C16H24ClN3O/c1-18-12-7-9-13(10-8-12)20(2)11-16(21)19-15-6-4-3-5-14(15)17/h3-6,12-13,18H,7-11H2,1-2H3,(H,19,21). The average molecular weight is 310 g/mol. The predicted octanol–water partition coefficient (Wildman–Crippen LogP) is 2.74.